The fourth-order valence-corrected chi connectivity index (χ4v) is 7.16. The highest BCUT2D eigenvalue weighted by molar-refractivity contribution is 6.18. The lowest BCUT2D eigenvalue weighted by atomic mass is 9.54. The van der Waals surface area contributed by atoms with Crippen LogP contribution in [0.25, 0.3) is 16.8 Å². The first kappa shape index (κ1) is 25.0. The Labute approximate surface area is 234 Å². The molecule has 0 saturated heterocycles. The van der Waals surface area contributed by atoms with Crippen molar-refractivity contribution in [3.8, 4) is 17.3 Å². The Morgan fingerprint density at radius 1 is 1.05 bits per heavy atom. The van der Waals surface area contributed by atoms with E-state index in [0.717, 1.165) is 53.0 Å². The monoisotopic (exact) mass is 533 g/mol. The van der Waals surface area contributed by atoms with Crippen LogP contribution in [0, 0.1) is 22.7 Å². The molecule has 3 fully saturated rings. The number of nitriles is 1. The van der Waals surface area contributed by atoms with Crippen molar-refractivity contribution in [2.24, 2.45) is 21.5 Å². The number of anilines is 1. The molecule has 0 bridgehead atoms. The van der Waals surface area contributed by atoms with Crippen LogP contribution in [0.1, 0.15) is 82.3 Å². The van der Waals surface area contributed by atoms with E-state index in [4.69, 9.17) is 10.2 Å². The van der Waals surface area contributed by atoms with E-state index < -0.39 is 0 Å². The molecule has 3 heterocycles. The molecule has 4 aliphatic rings. The molecule has 1 spiro atoms. The average Bonchev–Trinajstić information content (AvgIpc) is 3.57. The molecular weight excluding hydrogens is 498 g/mol. The number of nitrogens with zero attached hydrogens (tertiary/aromatic N) is 5. The minimum atomic E-state index is 0.0874. The van der Waals surface area contributed by atoms with E-state index in [1.807, 2.05) is 16.6 Å². The third-order valence-corrected chi connectivity index (χ3v) is 9.65. The average molecular weight is 534 g/mol. The molecular formula is C32H35N7O. The van der Waals surface area contributed by atoms with E-state index in [2.05, 4.69) is 46.1 Å². The lowest BCUT2D eigenvalue weighted by molar-refractivity contribution is -0.120. The lowest BCUT2D eigenvalue weighted by Crippen LogP contribution is -2.47. The van der Waals surface area contributed by atoms with Crippen molar-refractivity contribution in [1.82, 2.24) is 14.9 Å². The number of rotatable bonds is 6. The molecule has 204 valence electrons. The Bertz CT molecular complexity index is 1570. The molecule has 0 atom stereocenters. The van der Waals surface area contributed by atoms with E-state index in [1.54, 1.807) is 13.1 Å². The van der Waals surface area contributed by atoms with E-state index in [-0.39, 0.29) is 5.91 Å². The molecule has 1 amide bonds. The largest absolute Gasteiger partial charge is 0.382 e. The van der Waals surface area contributed by atoms with Gasteiger partial charge in [-0.15, -0.1) is 0 Å². The molecule has 3 aliphatic carbocycles. The van der Waals surface area contributed by atoms with Crippen LogP contribution >= 0.6 is 0 Å². The molecule has 0 unspecified atom stereocenters. The summed E-state index contributed by atoms with van der Waals surface area (Å²) in [5, 5.41) is 30.1. The zero-order valence-electron chi connectivity index (χ0n) is 23.0. The Balaban J connectivity index is 1.06. The molecule has 0 radical (unpaired) electrons. The summed E-state index contributed by atoms with van der Waals surface area (Å²) in [6, 6.07) is 15.5. The number of hydrogen-bond acceptors (Lipinski definition) is 6. The van der Waals surface area contributed by atoms with Crippen LogP contribution in [0.15, 0.2) is 52.8 Å². The number of carbonyl (C=O) groups is 1. The third-order valence-electron chi connectivity index (χ3n) is 9.65. The predicted molar refractivity (Wildman–Crippen MR) is 156 cm³/mol. The maximum Gasteiger partial charge on any atom is 0.217 e. The van der Waals surface area contributed by atoms with Crippen molar-refractivity contribution < 1.29 is 4.79 Å². The van der Waals surface area contributed by atoms with Gasteiger partial charge in [-0.1, -0.05) is 12.1 Å². The first-order chi connectivity index (χ1) is 19.5. The van der Waals surface area contributed by atoms with Gasteiger partial charge >= 0.3 is 0 Å². The summed E-state index contributed by atoms with van der Waals surface area (Å²) in [5.74, 6) is 0.613. The molecule has 1 aliphatic heterocycles. The van der Waals surface area contributed by atoms with E-state index in [0.29, 0.717) is 29.0 Å². The number of hydrogen-bond donors (Lipinski definition) is 2. The zero-order valence-corrected chi connectivity index (χ0v) is 23.0. The summed E-state index contributed by atoms with van der Waals surface area (Å²) in [5.41, 5.74) is 8.53. The normalized spacial score (nSPS) is 26.0. The fraction of sp³-hybridized carbons (Fsp3) is 0.469. The van der Waals surface area contributed by atoms with Crippen LogP contribution < -0.4 is 10.6 Å². The SMILES string of the molecule is CC(=O)NC1CCC2(CC1)CC(C1=NN=C(c3ccc(-c4ccc5cc(C#N)cnn45)cc3NC3CCC3)C1)C2. The van der Waals surface area contributed by atoms with Gasteiger partial charge < -0.3 is 10.6 Å². The second-order valence-corrected chi connectivity index (χ2v) is 12.3. The highest BCUT2D eigenvalue weighted by Gasteiger charge is 2.48. The number of amides is 1. The van der Waals surface area contributed by atoms with Gasteiger partial charge in [-0.25, -0.2) is 4.52 Å². The Morgan fingerprint density at radius 2 is 1.88 bits per heavy atom. The molecule has 7 rings (SSSR count). The number of aromatic nitrogens is 2. The molecule has 3 saturated carbocycles. The summed E-state index contributed by atoms with van der Waals surface area (Å²) < 4.78 is 1.90. The van der Waals surface area contributed by atoms with Gasteiger partial charge in [0.15, 0.2) is 0 Å². The van der Waals surface area contributed by atoms with Gasteiger partial charge in [0.05, 0.1) is 28.7 Å². The molecule has 2 N–H and O–H groups in total. The Hall–Kier alpha value is -3.99. The van der Waals surface area contributed by atoms with Gasteiger partial charge in [0.25, 0.3) is 0 Å². The first-order valence-electron chi connectivity index (χ1n) is 14.7. The number of fused-ring (bicyclic) bond motifs is 1. The second kappa shape index (κ2) is 9.88. The van der Waals surface area contributed by atoms with Crippen molar-refractivity contribution in [1.29, 1.82) is 5.26 Å². The highest BCUT2D eigenvalue weighted by atomic mass is 16.1. The summed E-state index contributed by atoms with van der Waals surface area (Å²) in [6.45, 7) is 1.62. The molecule has 8 nitrogen and oxygen atoms in total. The molecule has 3 aromatic rings. The second-order valence-electron chi connectivity index (χ2n) is 12.3. The summed E-state index contributed by atoms with van der Waals surface area (Å²) in [7, 11) is 0. The number of carbonyl (C=O) groups excluding carboxylic acids is 1. The maximum absolute atomic E-state index is 11.4. The van der Waals surface area contributed by atoms with E-state index in [9.17, 15) is 10.1 Å². The standard InChI is InChI=1S/C32H35N7O/c1-20(40)35-25-9-11-32(12-10-25)16-23(17-32)28-15-30(38-37-28)27-7-5-22(14-29(27)36-24-3-2-4-24)31-8-6-26-13-21(18-33)19-34-39(26)31/h5-8,13-14,19,23-25,36H,2-4,9-12,15-17H2,1H3,(H,35,40). The van der Waals surface area contributed by atoms with Gasteiger partial charge in [0.1, 0.15) is 6.07 Å². The fourth-order valence-electron chi connectivity index (χ4n) is 7.16. The molecule has 2 aromatic heterocycles. The van der Waals surface area contributed by atoms with Crippen molar-refractivity contribution in [3.63, 3.8) is 0 Å². The molecule has 1 aromatic carbocycles. The Kier molecular flexibility index (Phi) is 6.18. The van der Waals surface area contributed by atoms with Crippen molar-refractivity contribution >= 4 is 28.5 Å². The lowest BCUT2D eigenvalue weighted by Gasteiger charge is -2.51. The van der Waals surface area contributed by atoms with Crippen LogP contribution in [0.2, 0.25) is 0 Å². The minimum absolute atomic E-state index is 0.0874. The van der Waals surface area contributed by atoms with Crippen molar-refractivity contribution in [2.75, 3.05) is 5.32 Å². The van der Waals surface area contributed by atoms with Gasteiger partial charge in [0.2, 0.25) is 5.91 Å². The van der Waals surface area contributed by atoms with Crippen molar-refractivity contribution in [2.45, 2.75) is 83.2 Å². The third kappa shape index (κ3) is 4.57. The van der Waals surface area contributed by atoms with Gasteiger partial charge in [-0.05, 0) is 87.5 Å². The van der Waals surface area contributed by atoms with E-state index >= 15 is 0 Å². The summed E-state index contributed by atoms with van der Waals surface area (Å²) in [4.78, 5) is 11.4. The summed E-state index contributed by atoms with van der Waals surface area (Å²) in [6.07, 6.45) is 13.1. The predicted octanol–water partition coefficient (Wildman–Crippen LogP) is 5.86. The van der Waals surface area contributed by atoms with Gasteiger partial charge in [0, 0.05) is 53.9 Å². The quantitative estimate of drug-likeness (QED) is 0.414. The van der Waals surface area contributed by atoms with Crippen LogP contribution in [-0.2, 0) is 4.79 Å². The van der Waals surface area contributed by atoms with Crippen molar-refractivity contribution in [3.05, 3.63) is 53.7 Å². The number of benzene rings is 1. The van der Waals surface area contributed by atoms with Crippen LogP contribution in [-0.4, -0.2) is 39.0 Å². The first-order valence-corrected chi connectivity index (χ1v) is 14.7. The zero-order chi connectivity index (χ0) is 27.3. The summed E-state index contributed by atoms with van der Waals surface area (Å²) >= 11 is 0. The van der Waals surface area contributed by atoms with Gasteiger partial charge in [-0.2, -0.15) is 20.6 Å². The van der Waals surface area contributed by atoms with Crippen LogP contribution in [0.5, 0.6) is 0 Å². The smallest absolute Gasteiger partial charge is 0.217 e. The minimum Gasteiger partial charge on any atom is -0.382 e. The molecule has 40 heavy (non-hydrogen) atoms. The Morgan fingerprint density at radius 3 is 2.60 bits per heavy atom. The highest BCUT2D eigenvalue weighted by Crippen LogP contribution is 2.55. The molecule has 8 heteroatoms. The van der Waals surface area contributed by atoms with Crippen LogP contribution in [0.3, 0.4) is 0 Å². The van der Waals surface area contributed by atoms with Crippen LogP contribution in [0.4, 0.5) is 5.69 Å². The number of nitrogens with one attached hydrogen (secondary N) is 2. The van der Waals surface area contributed by atoms with E-state index in [1.165, 1.54) is 50.7 Å². The topological polar surface area (TPSA) is 107 Å². The van der Waals surface area contributed by atoms with Gasteiger partial charge in [-0.3, -0.25) is 4.79 Å². The maximum atomic E-state index is 11.4.